The highest BCUT2D eigenvalue weighted by Gasteiger charge is 2.63. The van der Waals surface area contributed by atoms with Gasteiger partial charge in [0, 0.05) is 18.7 Å². The Morgan fingerprint density at radius 3 is 2.71 bits per heavy atom. The molecule has 2 rings (SSSR count). The highest BCUT2D eigenvalue weighted by atomic mass is 16.4. The molecule has 0 bridgehead atoms. The first-order chi connectivity index (χ1) is 7.84. The maximum Gasteiger partial charge on any atom is 0.307 e. The number of carboxylic acids is 1. The van der Waals surface area contributed by atoms with Crippen LogP contribution in [0.25, 0.3) is 0 Å². The predicted molar refractivity (Wildman–Crippen MR) is 64.7 cm³/mol. The summed E-state index contributed by atoms with van der Waals surface area (Å²) in [6, 6.07) is 1.96. The van der Waals surface area contributed by atoms with Crippen LogP contribution in [0.4, 0.5) is 0 Å². The number of rotatable bonds is 4. The molecular formula is C13H20N2O2. The van der Waals surface area contributed by atoms with Crippen molar-refractivity contribution in [2.24, 2.45) is 17.3 Å². The SMILES string of the molecule is CC(C)Cn1ccc([C@@H]2[C@@H](C(=O)O)C2(C)C)n1. The van der Waals surface area contributed by atoms with Gasteiger partial charge in [0.15, 0.2) is 0 Å². The zero-order valence-electron chi connectivity index (χ0n) is 10.8. The number of hydrogen-bond acceptors (Lipinski definition) is 2. The molecule has 1 aliphatic rings. The molecule has 0 aliphatic heterocycles. The van der Waals surface area contributed by atoms with E-state index in [1.54, 1.807) is 0 Å². The summed E-state index contributed by atoms with van der Waals surface area (Å²) in [5, 5.41) is 13.6. The minimum absolute atomic E-state index is 0.0633. The van der Waals surface area contributed by atoms with Gasteiger partial charge in [0.2, 0.25) is 0 Å². The molecule has 1 aromatic heterocycles. The lowest BCUT2D eigenvalue weighted by Crippen LogP contribution is -2.05. The van der Waals surface area contributed by atoms with E-state index in [9.17, 15) is 4.79 Å². The molecule has 0 aromatic carbocycles. The van der Waals surface area contributed by atoms with E-state index in [4.69, 9.17) is 5.11 Å². The van der Waals surface area contributed by atoms with Crippen molar-refractivity contribution in [3.05, 3.63) is 18.0 Å². The maximum atomic E-state index is 11.1. The number of hydrogen-bond donors (Lipinski definition) is 1. The Hall–Kier alpha value is -1.32. The van der Waals surface area contributed by atoms with Gasteiger partial charge in [-0.25, -0.2) is 0 Å². The third kappa shape index (κ3) is 2.08. The molecule has 1 saturated carbocycles. The minimum Gasteiger partial charge on any atom is -0.481 e. The summed E-state index contributed by atoms with van der Waals surface area (Å²) in [4.78, 5) is 11.1. The normalized spacial score (nSPS) is 26.2. The molecule has 94 valence electrons. The highest BCUT2D eigenvalue weighted by molar-refractivity contribution is 5.77. The standard InChI is InChI=1S/C13H20N2O2/c1-8(2)7-15-6-5-9(14-15)10-11(12(16)17)13(10,3)4/h5-6,8,10-11H,7H2,1-4H3,(H,16,17)/t10-,11+/m1/s1. The molecule has 1 fully saturated rings. The number of carboxylic acid groups (broad SMARTS) is 1. The van der Waals surface area contributed by atoms with Crippen LogP contribution in [0.1, 0.15) is 39.3 Å². The highest BCUT2D eigenvalue weighted by Crippen LogP contribution is 2.63. The monoisotopic (exact) mass is 236 g/mol. The Balaban J connectivity index is 2.14. The number of aromatic nitrogens is 2. The van der Waals surface area contributed by atoms with Crippen LogP contribution in [-0.4, -0.2) is 20.9 Å². The van der Waals surface area contributed by atoms with E-state index in [1.165, 1.54) is 0 Å². The average molecular weight is 236 g/mol. The largest absolute Gasteiger partial charge is 0.481 e. The van der Waals surface area contributed by atoms with Crippen molar-refractivity contribution in [2.75, 3.05) is 0 Å². The lowest BCUT2D eigenvalue weighted by molar-refractivity contribution is -0.139. The number of aliphatic carboxylic acids is 1. The van der Waals surface area contributed by atoms with Gasteiger partial charge in [0.1, 0.15) is 0 Å². The molecule has 1 aliphatic carbocycles. The molecule has 0 unspecified atom stereocenters. The van der Waals surface area contributed by atoms with Gasteiger partial charge < -0.3 is 5.11 Å². The maximum absolute atomic E-state index is 11.1. The Labute approximate surface area is 102 Å². The van der Waals surface area contributed by atoms with Gasteiger partial charge in [-0.05, 0) is 17.4 Å². The lowest BCUT2D eigenvalue weighted by atomic mass is 10.1. The molecule has 0 saturated heterocycles. The summed E-state index contributed by atoms with van der Waals surface area (Å²) in [6.07, 6.45) is 1.95. The molecule has 0 spiro atoms. The average Bonchev–Trinajstić information content (AvgIpc) is 2.54. The van der Waals surface area contributed by atoms with Gasteiger partial charge in [-0.2, -0.15) is 5.10 Å². The molecule has 0 radical (unpaired) electrons. The lowest BCUT2D eigenvalue weighted by Gasteiger charge is -2.04. The summed E-state index contributed by atoms with van der Waals surface area (Å²) >= 11 is 0. The van der Waals surface area contributed by atoms with Gasteiger partial charge in [0.25, 0.3) is 0 Å². The van der Waals surface area contributed by atoms with Gasteiger partial charge in [0.05, 0.1) is 11.6 Å². The van der Waals surface area contributed by atoms with Crippen LogP contribution in [0.5, 0.6) is 0 Å². The van der Waals surface area contributed by atoms with Crippen molar-refractivity contribution >= 4 is 5.97 Å². The Bertz CT molecular complexity index is 434. The van der Waals surface area contributed by atoms with Crippen molar-refractivity contribution in [3.8, 4) is 0 Å². The second-order valence-corrected chi connectivity index (χ2v) is 5.97. The van der Waals surface area contributed by atoms with Gasteiger partial charge >= 0.3 is 5.97 Å². The Kier molecular flexibility index (Phi) is 2.76. The van der Waals surface area contributed by atoms with Crippen LogP contribution in [0, 0.1) is 17.3 Å². The van der Waals surface area contributed by atoms with Crippen molar-refractivity contribution in [1.82, 2.24) is 9.78 Å². The molecule has 4 nitrogen and oxygen atoms in total. The summed E-state index contributed by atoms with van der Waals surface area (Å²) < 4.78 is 1.91. The van der Waals surface area contributed by atoms with E-state index < -0.39 is 5.97 Å². The molecule has 1 aromatic rings. The van der Waals surface area contributed by atoms with E-state index in [-0.39, 0.29) is 17.3 Å². The summed E-state index contributed by atoms with van der Waals surface area (Å²) in [5.41, 5.74) is 0.756. The molecule has 1 N–H and O–H groups in total. The minimum atomic E-state index is -0.710. The smallest absolute Gasteiger partial charge is 0.307 e. The molecule has 17 heavy (non-hydrogen) atoms. The molecule has 0 amide bonds. The molecule has 2 atom stereocenters. The first-order valence-corrected chi connectivity index (χ1v) is 6.10. The van der Waals surface area contributed by atoms with E-state index in [0.717, 1.165) is 12.2 Å². The van der Waals surface area contributed by atoms with E-state index in [2.05, 4.69) is 18.9 Å². The van der Waals surface area contributed by atoms with Crippen molar-refractivity contribution in [3.63, 3.8) is 0 Å². The fourth-order valence-electron chi connectivity index (χ4n) is 2.67. The van der Waals surface area contributed by atoms with Crippen LogP contribution in [0.3, 0.4) is 0 Å². The van der Waals surface area contributed by atoms with Crippen molar-refractivity contribution in [2.45, 2.75) is 40.2 Å². The first kappa shape index (κ1) is 12.1. The summed E-state index contributed by atoms with van der Waals surface area (Å²) in [7, 11) is 0. The fourth-order valence-corrected chi connectivity index (χ4v) is 2.67. The van der Waals surface area contributed by atoms with Crippen molar-refractivity contribution < 1.29 is 9.90 Å². The molecule has 1 heterocycles. The quantitative estimate of drug-likeness (QED) is 0.873. The summed E-state index contributed by atoms with van der Waals surface area (Å²) in [5.74, 6) is -0.387. The van der Waals surface area contributed by atoms with Crippen LogP contribution < -0.4 is 0 Å². The number of nitrogens with zero attached hydrogens (tertiary/aromatic N) is 2. The van der Waals surface area contributed by atoms with Crippen LogP contribution in [0.15, 0.2) is 12.3 Å². The second-order valence-electron chi connectivity index (χ2n) is 5.97. The first-order valence-electron chi connectivity index (χ1n) is 6.10. The zero-order chi connectivity index (χ0) is 12.8. The third-order valence-electron chi connectivity index (χ3n) is 3.63. The van der Waals surface area contributed by atoms with E-state index >= 15 is 0 Å². The van der Waals surface area contributed by atoms with Gasteiger partial charge in [-0.15, -0.1) is 0 Å². The fraction of sp³-hybridized carbons (Fsp3) is 0.692. The second kappa shape index (κ2) is 3.86. The van der Waals surface area contributed by atoms with Crippen LogP contribution in [-0.2, 0) is 11.3 Å². The Morgan fingerprint density at radius 2 is 2.24 bits per heavy atom. The Morgan fingerprint density at radius 1 is 1.59 bits per heavy atom. The van der Waals surface area contributed by atoms with Crippen LogP contribution in [0.2, 0.25) is 0 Å². The molecular weight excluding hydrogens is 216 g/mol. The van der Waals surface area contributed by atoms with E-state index in [0.29, 0.717) is 5.92 Å². The van der Waals surface area contributed by atoms with Crippen LogP contribution >= 0.6 is 0 Å². The zero-order valence-corrected chi connectivity index (χ0v) is 10.8. The topological polar surface area (TPSA) is 55.1 Å². The van der Waals surface area contributed by atoms with Crippen molar-refractivity contribution in [1.29, 1.82) is 0 Å². The predicted octanol–water partition coefficient (Wildman–Crippen LogP) is 2.36. The third-order valence-corrected chi connectivity index (χ3v) is 3.63. The van der Waals surface area contributed by atoms with E-state index in [1.807, 2.05) is 30.8 Å². The number of carbonyl (C=O) groups is 1. The summed E-state index contributed by atoms with van der Waals surface area (Å²) in [6.45, 7) is 9.16. The van der Waals surface area contributed by atoms with Gasteiger partial charge in [-0.1, -0.05) is 27.7 Å². The van der Waals surface area contributed by atoms with Gasteiger partial charge in [-0.3, -0.25) is 9.48 Å². The molecule has 4 heteroatoms.